The Bertz CT molecular complexity index is 2430. The molecule has 1 saturated heterocycles. The minimum absolute atomic E-state index is 0. The van der Waals surface area contributed by atoms with Crippen molar-refractivity contribution in [1.82, 2.24) is 9.80 Å². The van der Waals surface area contributed by atoms with Gasteiger partial charge in [0.05, 0.1) is 84.6 Å². The van der Waals surface area contributed by atoms with Gasteiger partial charge in [-0.3, -0.25) is 23.4 Å². The number of esters is 6. The van der Waals surface area contributed by atoms with E-state index in [2.05, 4.69) is 38.1 Å². The summed E-state index contributed by atoms with van der Waals surface area (Å²) in [5.74, 6) is -2.36. The second-order valence-corrected chi connectivity index (χ2v) is 33.7. The third-order valence-electron chi connectivity index (χ3n) is 18.5. The number of carbonyl (C=O) groups excluding carboxylic acids is 6. The second-order valence-electron chi connectivity index (χ2n) is 30.5. The van der Waals surface area contributed by atoms with Crippen LogP contribution < -0.4 is 0 Å². The van der Waals surface area contributed by atoms with Gasteiger partial charge in [-0.05, 0) is 123 Å². The largest absolute Gasteiger partial charge is 0.748 e. The van der Waals surface area contributed by atoms with Crippen LogP contribution in [0.3, 0.4) is 0 Å². The zero-order chi connectivity index (χ0) is 78.0. The highest BCUT2D eigenvalue weighted by molar-refractivity contribution is 7.86. The molecule has 606 valence electrons. The molecular weight excluding hydrogens is 1340 g/mol. The Morgan fingerprint density at radius 3 is 0.931 bits per heavy atom. The number of hydrogen-bond acceptors (Lipinski definition) is 20. The van der Waals surface area contributed by atoms with Gasteiger partial charge in [0.2, 0.25) is 0 Å². The van der Waals surface area contributed by atoms with E-state index in [1.807, 2.05) is 52.1 Å². The van der Waals surface area contributed by atoms with Gasteiger partial charge in [0.25, 0.3) is 10.1 Å². The molecule has 1 aliphatic rings. The van der Waals surface area contributed by atoms with Crippen molar-refractivity contribution < 1.29 is 87.2 Å². The number of ether oxygens (including phenoxy) is 6. The molecule has 0 radical (unpaired) electrons. The van der Waals surface area contributed by atoms with Crippen molar-refractivity contribution in [2.45, 2.75) is 303 Å². The molecule has 1 heterocycles. The van der Waals surface area contributed by atoms with E-state index in [1.165, 1.54) is 154 Å². The minimum atomic E-state index is -4.23. The fourth-order valence-corrected chi connectivity index (χ4v) is 11.0. The number of unbranched alkanes of at least 4 members (excludes halogenated alkanes) is 27. The van der Waals surface area contributed by atoms with E-state index in [0.717, 1.165) is 45.1 Å². The van der Waals surface area contributed by atoms with Crippen molar-refractivity contribution in [3.05, 3.63) is 24.3 Å². The molecule has 0 amide bonds. The summed E-state index contributed by atoms with van der Waals surface area (Å²) in [6.07, 6.45) is 38.3. The van der Waals surface area contributed by atoms with E-state index >= 15 is 0 Å². The molecule has 0 bridgehead atoms. The highest BCUT2D eigenvalue weighted by atomic mass is 32.2. The molecule has 0 spiro atoms. The summed E-state index contributed by atoms with van der Waals surface area (Å²) in [6.45, 7) is 35.8. The van der Waals surface area contributed by atoms with Crippen LogP contribution >= 0.6 is 0 Å². The fourth-order valence-electron chi connectivity index (χ4n) is 9.54. The van der Waals surface area contributed by atoms with Gasteiger partial charge >= 0.3 is 35.8 Å². The van der Waals surface area contributed by atoms with Gasteiger partial charge in [-0.2, -0.15) is 8.42 Å². The average molecular weight is 1500 g/mol. The number of hydrogen-bond donors (Lipinski definition) is 0. The summed E-state index contributed by atoms with van der Waals surface area (Å²) in [5.41, 5.74) is -3.11. The first-order valence-corrected chi connectivity index (χ1v) is 41.5. The second kappa shape index (κ2) is 62.1. The topological polar surface area (TPSA) is 265 Å². The predicted molar refractivity (Wildman–Crippen MR) is 415 cm³/mol. The minimum Gasteiger partial charge on any atom is -0.748 e. The molecule has 21 nitrogen and oxygen atoms in total. The molecule has 0 saturated carbocycles. The van der Waals surface area contributed by atoms with Crippen molar-refractivity contribution in [2.75, 3.05) is 126 Å². The predicted octanol–water partition coefficient (Wildman–Crippen LogP) is 16.7. The third-order valence-corrected chi connectivity index (χ3v) is 20.6. The van der Waals surface area contributed by atoms with Crippen LogP contribution in [0.5, 0.6) is 0 Å². The standard InChI is InChI=1S/C27H53NO7S.C24H47NO4.C16H30O2.C8H15NO2.C3H6O3S.CH4/c1-8-9-10-11-12-13-14-15-16-17-21-34-24(29)26(2,3)27(4,5)25(30)35-22-20-28(6,7)19-18-23-36(31,32)33;1-8-9-10-11-12-13-14-15-16-17-19-28-21(26)23(2,3)24(4,5)22(27)29-20-18-25(6)7;1-4-5-6-7-8-9-10-11-12-13-14-18-16(17)15(2)3;1-7(2)8(10)11-6-5-9(3)4;4-7(5)3-1-2-6-7;/h8-23H2,1-7H3;8-20H2,1-7H3;2,4-14H2,1,3H3;1,5-6H2,2-4H3;1-3H2;1H4. The molecule has 0 unspecified atom stereocenters. The lowest BCUT2D eigenvalue weighted by atomic mass is 9.68. The Hall–Kier alpha value is -4.00. The van der Waals surface area contributed by atoms with Crippen molar-refractivity contribution >= 4 is 56.1 Å². The van der Waals surface area contributed by atoms with Crippen LogP contribution in [0, 0.1) is 21.7 Å². The first kappa shape index (κ1) is 107. The number of rotatable bonds is 54. The van der Waals surface area contributed by atoms with E-state index in [-0.39, 0.29) is 50.1 Å². The Morgan fingerprint density at radius 1 is 0.431 bits per heavy atom. The Balaban J connectivity index is -0.000000420. The molecule has 0 atom stereocenters. The number of carbonyl (C=O) groups is 6. The van der Waals surface area contributed by atoms with Crippen molar-refractivity contribution in [3.8, 4) is 0 Å². The van der Waals surface area contributed by atoms with Crippen LogP contribution in [-0.2, 0) is 81.6 Å². The maximum Gasteiger partial charge on any atom is 0.333 e. The zero-order valence-electron chi connectivity index (χ0n) is 67.7. The van der Waals surface area contributed by atoms with Crippen molar-refractivity contribution in [3.63, 3.8) is 0 Å². The molecule has 102 heavy (non-hydrogen) atoms. The van der Waals surface area contributed by atoms with E-state index in [0.29, 0.717) is 81.3 Å². The van der Waals surface area contributed by atoms with Gasteiger partial charge in [-0.1, -0.05) is 215 Å². The maximum absolute atomic E-state index is 12.8. The summed E-state index contributed by atoms with van der Waals surface area (Å²) in [7, 11) is 4.18. The Morgan fingerprint density at radius 2 is 0.686 bits per heavy atom. The molecule has 0 aromatic carbocycles. The van der Waals surface area contributed by atoms with E-state index in [4.69, 9.17) is 28.4 Å². The summed E-state index contributed by atoms with van der Waals surface area (Å²) >= 11 is 0. The zero-order valence-corrected chi connectivity index (χ0v) is 69.4. The van der Waals surface area contributed by atoms with E-state index in [9.17, 15) is 50.2 Å². The van der Waals surface area contributed by atoms with E-state index in [1.54, 1.807) is 69.2 Å². The van der Waals surface area contributed by atoms with Crippen LogP contribution in [0.2, 0.25) is 0 Å². The quantitative estimate of drug-likeness (QED) is 0.0104. The fraction of sp³-hybridized carbons (Fsp3) is 0.873. The SMILES string of the molecule is C.C=C(C)C(=O)OCCCCCCCCCCCC.C=C(C)C(=O)OCCN(C)C.CCCCCCCCCCCCOC(=O)C(C)(C)C(C)(C)C(=O)OCCN(C)C.CCCCCCCCCCCCOC(=O)C(C)(C)C(C)(C)C(=O)OCC[N+](C)(C)CCCS(=O)(=O)[O-].O=S1(=O)CCCO1. The smallest absolute Gasteiger partial charge is 0.333 e. The van der Waals surface area contributed by atoms with Crippen LogP contribution in [0.15, 0.2) is 24.3 Å². The summed E-state index contributed by atoms with van der Waals surface area (Å²) in [5, 5.41) is 0. The van der Waals surface area contributed by atoms with Crippen LogP contribution in [0.25, 0.3) is 0 Å². The van der Waals surface area contributed by atoms with Gasteiger partial charge in [0, 0.05) is 36.4 Å². The van der Waals surface area contributed by atoms with Crippen molar-refractivity contribution in [1.29, 1.82) is 0 Å². The lowest BCUT2D eigenvalue weighted by Crippen LogP contribution is -2.48. The normalized spacial score (nSPS) is 12.9. The van der Waals surface area contributed by atoms with Crippen LogP contribution in [0.1, 0.15) is 303 Å². The monoisotopic (exact) mass is 1500 g/mol. The van der Waals surface area contributed by atoms with Crippen LogP contribution in [-0.4, -0.2) is 198 Å². The van der Waals surface area contributed by atoms with E-state index < -0.39 is 59.6 Å². The van der Waals surface area contributed by atoms with Gasteiger partial charge in [-0.25, -0.2) is 18.0 Å². The molecule has 0 aromatic heterocycles. The number of nitrogens with zero attached hydrogens (tertiary/aromatic N) is 3. The molecule has 0 N–H and O–H groups in total. The summed E-state index contributed by atoms with van der Waals surface area (Å²) in [6, 6.07) is 0. The molecule has 0 aromatic rings. The van der Waals surface area contributed by atoms with Crippen molar-refractivity contribution in [2.24, 2.45) is 21.7 Å². The highest BCUT2D eigenvalue weighted by Gasteiger charge is 2.52. The molecule has 0 aliphatic carbocycles. The highest BCUT2D eigenvalue weighted by Crippen LogP contribution is 2.42. The van der Waals surface area contributed by atoms with Gasteiger partial charge in [0.1, 0.15) is 26.4 Å². The number of quaternary nitrogens is 1. The van der Waals surface area contributed by atoms with Crippen LogP contribution in [0.4, 0.5) is 0 Å². The van der Waals surface area contributed by atoms with Gasteiger partial charge < -0.3 is 47.3 Å². The summed E-state index contributed by atoms with van der Waals surface area (Å²) < 4.78 is 89.3. The lowest BCUT2D eigenvalue weighted by Gasteiger charge is -2.37. The molecular formula is C79H155N3O18S2. The molecule has 23 heteroatoms. The number of likely N-dealkylation sites (N-methyl/N-ethyl adjacent to an activating group) is 3. The summed E-state index contributed by atoms with van der Waals surface area (Å²) in [4.78, 5) is 76.5. The average Bonchev–Trinajstić information content (AvgIpc) is 0.837. The molecule has 1 fully saturated rings. The first-order chi connectivity index (χ1) is 47.1. The van der Waals surface area contributed by atoms with Gasteiger partial charge in [0.15, 0.2) is 0 Å². The third kappa shape index (κ3) is 59.2. The maximum atomic E-state index is 12.8. The Labute approximate surface area is 625 Å². The molecule has 1 aliphatic heterocycles. The lowest BCUT2D eigenvalue weighted by molar-refractivity contribution is -0.890. The van der Waals surface area contributed by atoms with Gasteiger partial charge in [-0.15, -0.1) is 0 Å². The Kier molecular flexibility index (Phi) is 64.9. The first-order valence-electron chi connectivity index (χ1n) is 38.3. The molecule has 1 rings (SSSR count).